The molecule has 0 bridgehead atoms. The number of sulfonamides is 1. The molecule has 2 aromatic heterocycles. The van der Waals surface area contributed by atoms with Gasteiger partial charge in [-0.2, -0.15) is 14.1 Å². The molecule has 1 saturated heterocycles. The van der Waals surface area contributed by atoms with Gasteiger partial charge in [0.1, 0.15) is 5.69 Å². The first-order chi connectivity index (χ1) is 18.4. The monoisotopic (exact) mass is 559 g/mol. The van der Waals surface area contributed by atoms with E-state index >= 15 is 0 Å². The van der Waals surface area contributed by atoms with Crippen molar-refractivity contribution in [3.63, 3.8) is 0 Å². The molecule has 0 N–H and O–H groups in total. The Morgan fingerprint density at radius 1 is 0.974 bits per heavy atom. The van der Waals surface area contributed by atoms with Crippen LogP contribution in [-0.4, -0.2) is 73.0 Å². The summed E-state index contributed by atoms with van der Waals surface area (Å²) in [4.78, 5) is 19.7. The fraction of sp³-hybridized carbons (Fsp3) is 0.423. The average molecular weight is 560 g/mol. The lowest BCUT2D eigenvalue weighted by Gasteiger charge is -2.36. The zero-order valence-corrected chi connectivity index (χ0v) is 22.6. The third-order valence-electron chi connectivity index (χ3n) is 7.03. The third-order valence-corrected chi connectivity index (χ3v) is 9.08. The number of pyridine rings is 1. The van der Waals surface area contributed by atoms with Gasteiger partial charge in [-0.3, -0.25) is 4.79 Å². The molecule has 12 heteroatoms. The maximum Gasteiger partial charge on any atom is 0.316 e. The average Bonchev–Trinajstić information content (AvgIpc) is 2.95. The number of halogens is 1. The molecule has 3 heterocycles. The van der Waals surface area contributed by atoms with Gasteiger partial charge in [-0.25, -0.2) is 13.4 Å². The second-order valence-corrected chi connectivity index (χ2v) is 11.7. The van der Waals surface area contributed by atoms with Gasteiger partial charge in [0.2, 0.25) is 5.75 Å². The van der Waals surface area contributed by atoms with Crippen molar-refractivity contribution in [2.24, 2.45) is 0 Å². The zero-order valence-electron chi connectivity index (χ0n) is 21.1. The van der Waals surface area contributed by atoms with Gasteiger partial charge in [0.15, 0.2) is 5.03 Å². The van der Waals surface area contributed by atoms with E-state index in [4.69, 9.17) is 21.1 Å². The number of benzene rings is 1. The maximum absolute atomic E-state index is 13.7. The maximum atomic E-state index is 13.7. The number of nitrogens with zero attached hydrogens (tertiary/aromatic N) is 5. The number of anilines is 1. The first-order valence-corrected chi connectivity index (χ1v) is 14.4. The SMILES string of the molecule is COC1CCC(Oc2c(N3CCN(S(=O)(=O)c4ccccn4)CC3)cnn(-c3cccc(Cl)c3)c2=O)CC1. The Balaban J connectivity index is 1.42. The Bertz CT molecular complexity index is 1420. The Hall–Kier alpha value is -2.99. The van der Waals surface area contributed by atoms with Gasteiger partial charge in [-0.05, 0) is 56.0 Å². The van der Waals surface area contributed by atoms with Crippen LogP contribution in [0.15, 0.2) is 64.7 Å². The minimum Gasteiger partial charge on any atom is -0.483 e. The van der Waals surface area contributed by atoms with Crippen molar-refractivity contribution in [3.8, 4) is 11.4 Å². The van der Waals surface area contributed by atoms with Gasteiger partial charge < -0.3 is 14.4 Å². The van der Waals surface area contributed by atoms with Crippen LogP contribution in [0.3, 0.4) is 0 Å². The molecule has 10 nitrogen and oxygen atoms in total. The van der Waals surface area contributed by atoms with Crippen LogP contribution in [0.4, 0.5) is 5.69 Å². The van der Waals surface area contributed by atoms with Gasteiger partial charge >= 0.3 is 5.56 Å². The molecule has 0 unspecified atom stereocenters. The van der Waals surface area contributed by atoms with Crippen molar-refractivity contribution in [2.75, 3.05) is 38.2 Å². The van der Waals surface area contributed by atoms with Crippen LogP contribution in [0.2, 0.25) is 5.02 Å². The number of ether oxygens (including phenoxy) is 2. The molecule has 38 heavy (non-hydrogen) atoms. The predicted octanol–water partition coefficient (Wildman–Crippen LogP) is 3.13. The van der Waals surface area contributed by atoms with Crippen molar-refractivity contribution in [1.29, 1.82) is 0 Å². The van der Waals surface area contributed by atoms with E-state index in [0.717, 1.165) is 25.7 Å². The summed E-state index contributed by atoms with van der Waals surface area (Å²) >= 11 is 6.16. The summed E-state index contributed by atoms with van der Waals surface area (Å²) in [6.45, 7) is 1.24. The third kappa shape index (κ3) is 5.56. The molecule has 3 aromatic rings. The highest BCUT2D eigenvalue weighted by atomic mass is 35.5. The molecule has 1 aliphatic heterocycles. The summed E-state index contributed by atoms with van der Waals surface area (Å²) in [5.74, 6) is 0.210. The van der Waals surface area contributed by atoms with E-state index in [1.807, 2.05) is 4.90 Å². The molecule has 1 aromatic carbocycles. The Labute approximate surface area is 226 Å². The normalized spacial score (nSPS) is 20.8. The zero-order chi connectivity index (χ0) is 26.7. The Kier molecular flexibility index (Phi) is 7.98. The highest BCUT2D eigenvalue weighted by molar-refractivity contribution is 7.89. The van der Waals surface area contributed by atoms with Crippen LogP contribution in [0.25, 0.3) is 5.69 Å². The van der Waals surface area contributed by atoms with Gasteiger partial charge in [-0.1, -0.05) is 23.7 Å². The van der Waals surface area contributed by atoms with Crippen molar-refractivity contribution in [2.45, 2.75) is 42.9 Å². The minimum absolute atomic E-state index is 0.0231. The molecule has 2 fully saturated rings. The molecule has 1 saturated carbocycles. The van der Waals surface area contributed by atoms with Crippen LogP contribution >= 0.6 is 11.6 Å². The van der Waals surface area contributed by atoms with Gasteiger partial charge in [0.05, 0.1) is 24.1 Å². The van der Waals surface area contributed by atoms with E-state index in [1.165, 1.54) is 21.3 Å². The fourth-order valence-corrected chi connectivity index (χ4v) is 6.45. The molecule has 202 valence electrons. The van der Waals surface area contributed by atoms with E-state index < -0.39 is 10.0 Å². The van der Waals surface area contributed by atoms with E-state index in [9.17, 15) is 13.2 Å². The van der Waals surface area contributed by atoms with E-state index in [-0.39, 0.29) is 41.6 Å². The number of rotatable bonds is 7. The quantitative estimate of drug-likeness (QED) is 0.434. The number of hydrogen-bond donors (Lipinski definition) is 0. The van der Waals surface area contributed by atoms with Crippen molar-refractivity contribution in [3.05, 3.63) is 70.2 Å². The van der Waals surface area contributed by atoms with Crippen LogP contribution in [-0.2, 0) is 14.8 Å². The summed E-state index contributed by atoms with van der Waals surface area (Å²) in [7, 11) is -1.99. The molecule has 0 atom stereocenters. The van der Waals surface area contributed by atoms with Crippen molar-refractivity contribution < 1.29 is 17.9 Å². The largest absolute Gasteiger partial charge is 0.483 e. The molecular weight excluding hydrogens is 530 g/mol. The lowest BCUT2D eigenvalue weighted by molar-refractivity contribution is 0.0323. The number of piperazine rings is 1. The molecule has 0 spiro atoms. The molecule has 1 aliphatic carbocycles. The van der Waals surface area contributed by atoms with Gasteiger partial charge in [-0.15, -0.1) is 0 Å². The van der Waals surface area contributed by atoms with Crippen LogP contribution in [0.5, 0.6) is 5.75 Å². The summed E-state index contributed by atoms with van der Waals surface area (Å²) in [5, 5.41) is 4.94. The van der Waals surface area contributed by atoms with Gasteiger partial charge in [0.25, 0.3) is 10.0 Å². The van der Waals surface area contributed by atoms with Crippen LogP contribution in [0.1, 0.15) is 25.7 Å². The lowest BCUT2D eigenvalue weighted by Crippen LogP contribution is -2.49. The standard InChI is InChI=1S/C26H30ClN5O5S/c1-36-21-8-10-22(11-9-21)37-25-23(18-29-32(26(25)33)20-6-4-5-19(27)17-20)30-13-15-31(16-14-30)38(34,35)24-7-2-3-12-28-24/h2-7,12,17-18,21-22H,8-11,13-16H2,1H3. The molecule has 0 radical (unpaired) electrons. The second-order valence-electron chi connectivity index (χ2n) is 9.37. The number of hydrogen-bond acceptors (Lipinski definition) is 8. The van der Waals surface area contributed by atoms with Crippen molar-refractivity contribution in [1.82, 2.24) is 19.1 Å². The van der Waals surface area contributed by atoms with E-state index in [0.29, 0.717) is 29.5 Å². The van der Waals surface area contributed by atoms with Crippen LogP contribution in [0, 0.1) is 0 Å². The number of aromatic nitrogens is 3. The Morgan fingerprint density at radius 3 is 2.37 bits per heavy atom. The highest BCUT2D eigenvalue weighted by Gasteiger charge is 2.32. The second kappa shape index (κ2) is 11.4. The highest BCUT2D eigenvalue weighted by Crippen LogP contribution is 2.31. The topological polar surface area (TPSA) is 107 Å². The summed E-state index contributed by atoms with van der Waals surface area (Å²) in [6.07, 6.45) is 6.40. The first-order valence-electron chi connectivity index (χ1n) is 12.6. The Morgan fingerprint density at radius 2 is 1.71 bits per heavy atom. The molecule has 5 rings (SSSR count). The fourth-order valence-electron chi connectivity index (χ4n) is 4.91. The molecular formula is C26H30ClN5O5S. The summed E-state index contributed by atoms with van der Waals surface area (Å²) < 4.78 is 40.6. The van der Waals surface area contributed by atoms with Crippen LogP contribution < -0.4 is 15.2 Å². The summed E-state index contributed by atoms with van der Waals surface area (Å²) in [6, 6.07) is 11.7. The molecule has 0 amide bonds. The van der Waals surface area contributed by atoms with E-state index in [2.05, 4.69) is 10.1 Å². The first kappa shape index (κ1) is 26.6. The lowest BCUT2D eigenvalue weighted by atomic mass is 9.95. The van der Waals surface area contributed by atoms with Crippen molar-refractivity contribution >= 4 is 27.3 Å². The molecule has 2 aliphatic rings. The smallest absolute Gasteiger partial charge is 0.316 e. The summed E-state index contributed by atoms with van der Waals surface area (Å²) in [5.41, 5.74) is 0.701. The van der Waals surface area contributed by atoms with E-state index in [1.54, 1.807) is 49.7 Å². The van der Waals surface area contributed by atoms with Gasteiger partial charge in [0, 0.05) is 44.5 Å². The number of methoxy groups -OCH3 is 1. The minimum atomic E-state index is -3.70. The predicted molar refractivity (Wildman–Crippen MR) is 144 cm³/mol.